The second kappa shape index (κ2) is 19.8. The van der Waals surface area contributed by atoms with Gasteiger partial charge in [-0.2, -0.15) is 0 Å². The Morgan fingerprint density at radius 3 is 1.88 bits per heavy atom. The van der Waals surface area contributed by atoms with Crippen LogP contribution in [-0.2, 0) is 28.5 Å². The predicted octanol–water partition coefficient (Wildman–Crippen LogP) is 3.47. The molecule has 0 spiro atoms. The lowest BCUT2D eigenvalue weighted by Gasteiger charge is -2.13. The van der Waals surface area contributed by atoms with Gasteiger partial charge in [0.15, 0.2) is 0 Å². The molecule has 0 aliphatic rings. The van der Waals surface area contributed by atoms with Crippen molar-refractivity contribution in [3.63, 3.8) is 0 Å². The zero-order valence-corrected chi connectivity index (χ0v) is 19.7. The molecule has 2 N–H and O–H groups in total. The first kappa shape index (κ1) is 28.2. The number of para-hydroxylation sites is 2. The van der Waals surface area contributed by atoms with E-state index in [2.05, 4.69) is 6.92 Å². The molecule has 0 bridgehead atoms. The third-order valence-electron chi connectivity index (χ3n) is 4.72. The Morgan fingerprint density at radius 2 is 1.34 bits per heavy atom. The normalized spacial score (nSPS) is 11.9. The molecule has 0 heterocycles. The summed E-state index contributed by atoms with van der Waals surface area (Å²) < 4.78 is 32.6. The lowest BCUT2D eigenvalue weighted by atomic mass is 10.00. The molecule has 1 atom stereocenters. The molecule has 0 radical (unpaired) electrons. The molecule has 0 fully saturated rings. The number of nitrogens with two attached hydrogens (primary N) is 1. The maximum atomic E-state index is 11.9. The van der Waals surface area contributed by atoms with Gasteiger partial charge >= 0.3 is 5.97 Å². The van der Waals surface area contributed by atoms with Gasteiger partial charge < -0.3 is 34.2 Å². The zero-order chi connectivity index (χ0) is 23.3. The summed E-state index contributed by atoms with van der Waals surface area (Å²) in [4.78, 5) is 11.9. The zero-order valence-electron chi connectivity index (χ0n) is 19.7. The van der Waals surface area contributed by atoms with Gasteiger partial charge in [-0.3, -0.25) is 4.79 Å². The minimum Gasteiger partial charge on any atom is -0.489 e. The molecular formula is C24H41NO7. The van der Waals surface area contributed by atoms with E-state index in [0.29, 0.717) is 70.9 Å². The highest BCUT2D eigenvalue weighted by molar-refractivity contribution is 5.72. The molecule has 1 unspecified atom stereocenters. The fraction of sp³-hybridized carbons (Fsp3) is 0.708. The monoisotopic (exact) mass is 455 g/mol. The highest BCUT2D eigenvalue weighted by atomic mass is 16.6. The van der Waals surface area contributed by atoms with Crippen molar-refractivity contribution in [1.29, 1.82) is 0 Å². The smallest absolute Gasteiger partial charge is 0.308 e. The number of hydrogen-bond acceptors (Lipinski definition) is 8. The van der Waals surface area contributed by atoms with E-state index < -0.39 is 0 Å². The Hall–Kier alpha value is -1.87. The van der Waals surface area contributed by atoms with Crippen LogP contribution < -0.4 is 10.5 Å². The predicted molar refractivity (Wildman–Crippen MR) is 124 cm³/mol. The molecule has 8 nitrogen and oxygen atoms in total. The molecule has 1 aromatic rings. The van der Waals surface area contributed by atoms with Crippen LogP contribution in [0.2, 0.25) is 0 Å². The Labute approximate surface area is 192 Å². The molecule has 0 saturated carbocycles. The highest BCUT2D eigenvalue weighted by Gasteiger charge is 2.16. The first-order chi connectivity index (χ1) is 15.7. The van der Waals surface area contributed by atoms with Crippen LogP contribution in [0.3, 0.4) is 0 Å². The molecule has 184 valence electrons. The molecule has 1 aromatic carbocycles. The van der Waals surface area contributed by atoms with Gasteiger partial charge in [-0.25, -0.2) is 0 Å². The lowest BCUT2D eigenvalue weighted by molar-refractivity contribution is -0.150. The van der Waals surface area contributed by atoms with Crippen LogP contribution in [0.4, 0.5) is 5.69 Å². The first-order valence-electron chi connectivity index (χ1n) is 11.6. The quantitative estimate of drug-likeness (QED) is 0.171. The van der Waals surface area contributed by atoms with Crippen molar-refractivity contribution in [2.24, 2.45) is 5.92 Å². The van der Waals surface area contributed by atoms with Crippen LogP contribution in [0.25, 0.3) is 0 Å². The van der Waals surface area contributed by atoms with Crippen LogP contribution >= 0.6 is 0 Å². The summed E-state index contributed by atoms with van der Waals surface area (Å²) in [7, 11) is 0. The van der Waals surface area contributed by atoms with Crippen molar-refractivity contribution in [3.8, 4) is 5.75 Å². The third kappa shape index (κ3) is 14.2. The van der Waals surface area contributed by atoms with E-state index in [-0.39, 0.29) is 18.5 Å². The number of carbonyl (C=O) groups excluding carboxylic acids is 1. The number of ether oxygens (including phenoxy) is 6. The molecule has 0 amide bonds. The van der Waals surface area contributed by atoms with Crippen molar-refractivity contribution in [2.45, 2.75) is 39.5 Å². The Kier molecular flexibility index (Phi) is 17.4. The summed E-state index contributed by atoms with van der Waals surface area (Å²) >= 11 is 0. The number of carbonyl (C=O) groups is 1. The molecular weight excluding hydrogens is 414 g/mol. The van der Waals surface area contributed by atoms with Gasteiger partial charge in [0.25, 0.3) is 0 Å². The fourth-order valence-electron chi connectivity index (χ4n) is 2.84. The SMILES string of the molecule is CCCCC(CC)C(=O)OCCOCCOCCOCCOCCOc1ccccc1N. The summed E-state index contributed by atoms with van der Waals surface area (Å²) in [6.45, 7) is 8.63. The van der Waals surface area contributed by atoms with Crippen LogP contribution in [0.15, 0.2) is 24.3 Å². The largest absolute Gasteiger partial charge is 0.489 e. The molecule has 1 rings (SSSR count). The van der Waals surface area contributed by atoms with Crippen LogP contribution in [0.5, 0.6) is 5.75 Å². The average molecular weight is 456 g/mol. The number of esters is 1. The summed E-state index contributed by atoms with van der Waals surface area (Å²) in [5.74, 6) is 0.558. The van der Waals surface area contributed by atoms with Crippen molar-refractivity contribution in [2.75, 3.05) is 71.8 Å². The van der Waals surface area contributed by atoms with E-state index in [0.717, 1.165) is 25.7 Å². The van der Waals surface area contributed by atoms with E-state index >= 15 is 0 Å². The second-order valence-electron chi connectivity index (χ2n) is 7.25. The topological polar surface area (TPSA) is 98.5 Å². The molecule has 0 aliphatic carbocycles. The van der Waals surface area contributed by atoms with Crippen molar-refractivity contribution < 1.29 is 33.2 Å². The van der Waals surface area contributed by atoms with Crippen molar-refractivity contribution in [3.05, 3.63) is 24.3 Å². The van der Waals surface area contributed by atoms with Gasteiger partial charge in [0, 0.05) is 0 Å². The van der Waals surface area contributed by atoms with Gasteiger partial charge in [0.2, 0.25) is 0 Å². The Bertz CT molecular complexity index is 585. The molecule has 0 aliphatic heterocycles. The Morgan fingerprint density at radius 1 is 0.812 bits per heavy atom. The van der Waals surface area contributed by atoms with E-state index in [4.69, 9.17) is 34.2 Å². The van der Waals surface area contributed by atoms with Crippen LogP contribution in [-0.4, -0.2) is 72.0 Å². The van der Waals surface area contributed by atoms with Gasteiger partial charge in [-0.05, 0) is 25.0 Å². The van der Waals surface area contributed by atoms with Crippen molar-refractivity contribution in [1.82, 2.24) is 0 Å². The number of unbranched alkanes of at least 4 members (excludes halogenated alkanes) is 1. The number of rotatable bonds is 21. The number of anilines is 1. The molecule has 0 saturated heterocycles. The van der Waals surface area contributed by atoms with Crippen molar-refractivity contribution >= 4 is 11.7 Å². The van der Waals surface area contributed by atoms with Gasteiger partial charge in [0.1, 0.15) is 19.0 Å². The summed E-state index contributed by atoms with van der Waals surface area (Å²) in [6, 6.07) is 7.37. The first-order valence-corrected chi connectivity index (χ1v) is 11.6. The summed E-state index contributed by atoms with van der Waals surface area (Å²) in [6.07, 6.45) is 3.86. The number of nitrogen functional groups attached to an aromatic ring is 1. The van der Waals surface area contributed by atoms with E-state index in [1.165, 1.54) is 0 Å². The Balaban J connectivity index is 1.80. The second-order valence-corrected chi connectivity index (χ2v) is 7.25. The average Bonchev–Trinajstić information content (AvgIpc) is 2.80. The molecule has 8 heteroatoms. The summed E-state index contributed by atoms with van der Waals surface area (Å²) in [5, 5.41) is 0. The maximum absolute atomic E-state index is 11.9. The standard InChI is InChI=1S/C24H41NO7/c1-3-5-8-21(4-2)24(26)32-20-18-30-16-14-28-12-11-27-13-15-29-17-19-31-23-10-7-6-9-22(23)25/h6-7,9-10,21H,3-5,8,11-20,25H2,1-2H3. The number of benzene rings is 1. The maximum Gasteiger partial charge on any atom is 0.308 e. The number of hydrogen-bond donors (Lipinski definition) is 1. The highest BCUT2D eigenvalue weighted by Crippen LogP contribution is 2.19. The van der Waals surface area contributed by atoms with E-state index in [1.807, 2.05) is 25.1 Å². The van der Waals surface area contributed by atoms with Gasteiger partial charge in [-0.15, -0.1) is 0 Å². The van der Waals surface area contributed by atoms with Gasteiger partial charge in [0.05, 0.1) is 64.5 Å². The van der Waals surface area contributed by atoms with E-state index in [1.54, 1.807) is 6.07 Å². The van der Waals surface area contributed by atoms with Gasteiger partial charge in [-0.1, -0.05) is 38.8 Å². The minimum atomic E-state index is -0.115. The third-order valence-corrected chi connectivity index (χ3v) is 4.72. The van der Waals surface area contributed by atoms with E-state index in [9.17, 15) is 4.79 Å². The summed E-state index contributed by atoms with van der Waals surface area (Å²) in [5.41, 5.74) is 6.41. The molecule has 32 heavy (non-hydrogen) atoms. The molecule has 0 aromatic heterocycles. The fourth-order valence-corrected chi connectivity index (χ4v) is 2.84. The van der Waals surface area contributed by atoms with Crippen LogP contribution in [0, 0.1) is 5.92 Å². The minimum absolute atomic E-state index is 0.00525. The lowest BCUT2D eigenvalue weighted by Crippen LogP contribution is -2.20. The van der Waals surface area contributed by atoms with Crippen LogP contribution in [0.1, 0.15) is 39.5 Å².